The van der Waals surface area contributed by atoms with E-state index in [0.717, 1.165) is 45.7 Å². The van der Waals surface area contributed by atoms with Crippen molar-refractivity contribution in [3.05, 3.63) is 74.7 Å². The molecule has 0 radical (unpaired) electrons. The number of fused-ring (bicyclic) bond motifs is 3. The second-order valence-corrected chi connectivity index (χ2v) is 16.4. The molecule has 6 amide bonds. The minimum Gasteiger partial charge on any atom is -0.496 e. The standard InChI is InChI=1S/C45H52N6O11/c1-5-40(53)49-13-10-30-33(24-49)32(23-47(2)43(30)56)26-18-37(59-3)34(38(19-26)60-4)25-50-22-27-21-48(14-11-35(27)50)41(54)12-15-61-16-17-62-28-6-7-29-31(20-28)45(58)51(44(29)57)36-8-9-39(52)46-42(36)55/h6-7,18-20,23,27,35-36H,5,8-17,21-22,24-25H2,1-4H3,(H,46,52,55). The van der Waals surface area contributed by atoms with E-state index < -0.39 is 29.7 Å². The van der Waals surface area contributed by atoms with Gasteiger partial charge < -0.3 is 33.3 Å². The van der Waals surface area contributed by atoms with Crippen molar-refractivity contribution in [2.75, 3.05) is 60.2 Å². The monoisotopic (exact) mass is 852 g/mol. The average molecular weight is 853 g/mol. The maximum Gasteiger partial charge on any atom is 0.262 e. The van der Waals surface area contributed by atoms with Crippen LogP contribution in [0, 0.1) is 5.92 Å². The number of imide groups is 2. The molecule has 0 spiro atoms. The molecular weight excluding hydrogens is 801 g/mol. The number of pyridine rings is 1. The molecule has 0 aliphatic carbocycles. The molecule has 3 aromatic rings. The molecule has 5 aliphatic heterocycles. The number of hydrogen-bond acceptors (Lipinski definition) is 12. The molecule has 0 saturated carbocycles. The summed E-state index contributed by atoms with van der Waals surface area (Å²) >= 11 is 0. The Morgan fingerprint density at radius 2 is 1.56 bits per heavy atom. The van der Waals surface area contributed by atoms with E-state index in [1.807, 2.05) is 35.1 Å². The third-order valence-corrected chi connectivity index (χ3v) is 12.9. The molecular formula is C45H52N6O11. The Balaban J connectivity index is 0.806. The molecule has 1 aromatic heterocycles. The minimum absolute atomic E-state index is 0.0342. The van der Waals surface area contributed by atoms with Gasteiger partial charge in [-0.3, -0.25) is 48.7 Å². The van der Waals surface area contributed by atoms with Gasteiger partial charge in [0.15, 0.2) is 0 Å². The van der Waals surface area contributed by atoms with E-state index in [0.29, 0.717) is 74.8 Å². The van der Waals surface area contributed by atoms with Gasteiger partial charge in [-0.2, -0.15) is 0 Å². The number of amides is 6. The van der Waals surface area contributed by atoms with Crippen LogP contribution in [0.4, 0.5) is 0 Å². The highest BCUT2D eigenvalue weighted by molar-refractivity contribution is 6.23. The molecule has 328 valence electrons. The summed E-state index contributed by atoms with van der Waals surface area (Å²) in [6, 6.07) is 7.78. The Kier molecular flexibility index (Phi) is 12.2. The number of carbonyl (C=O) groups excluding carboxylic acids is 6. The average Bonchev–Trinajstić information content (AvgIpc) is 3.51. The number of aromatic nitrogens is 1. The number of methoxy groups -OCH3 is 2. The van der Waals surface area contributed by atoms with Gasteiger partial charge in [-0.05, 0) is 60.7 Å². The van der Waals surface area contributed by atoms with E-state index in [-0.39, 0.29) is 67.6 Å². The van der Waals surface area contributed by atoms with Crippen LogP contribution in [0.2, 0.25) is 0 Å². The number of aryl methyl sites for hydroxylation is 1. The topological polar surface area (TPSA) is 186 Å². The van der Waals surface area contributed by atoms with Crippen molar-refractivity contribution in [3.8, 4) is 28.4 Å². The Bertz CT molecular complexity index is 2370. The number of benzene rings is 2. The van der Waals surface area contributed by atoms with Crippen LogP contribution >= 0.6 is 0 Å². The van der Waals surface area contributed by atoms with E-state index in [2.05, 4.69) is 10.2 Å². The van der Waals surface area contributed by atoms with Gasteiger partial charge in [0.2, 0.25) is 23.6 Å². The SMILES string of the molecule is CCC(=O)N1CCc2c(c(-c3cc(OC)c(CN4CC5CN(C(=O)CCOCCOc6ccc7c(c6)C(=O)N(C6CCC(=O)NC6=O)C7=O)CCC54)c(OC)c3)cn(C)c2=O)C1. The van der Waals surface area contributed by atoms with Gasteiger partial charge >= 0.3 is 0 Å². The Labute approximate surface area is 358 Å². The number of nitrogens with zero attached hydrogens (tertiary/aromatic N) is 5. The Morgan fingerprint density at radius 1 is 0.806 bits per heavy atom. The Morgan fingerprint density at radius 3 is 2.27 bits per heavy atom. The maximum absolute atomic E-state index is 13.2. The second kappa shape index (κ2) is 17.7. The first-order chi connectivity index (χ1) is 29.9. The molecule has 3 saturated heterocycles. The molecule has 2 aromatic carbocycles. The molecule has 6 heterocycles. The molecule has 5 aliphatic rings. The fourth-order valence-corrected chi connectivity index (χ4v) is 9.54. The van der Waals surface area contributed by atoms with Crippen molar-refractivity contribution in [3.63, 3.8) is 0 Å². The van der Waals surface area contributed by atoms with Crippen LogP contribution < -0.4 is 25.1 Å². The summed E-state index contributed by atoms with van der Waals surface area (Å²) in [5, 5.41) is 2.19. The van der Waals surface area contributed by atoms with Gasteiger partial charge in [0, 0.05) is 88.4 Å². The lowest BCUT2D eigenvalue weighted by Crippen LogP contribution is -2.63. The van der Waals surface area contributed by atoms with Gasteiger partial charge in [0.1, 0.15) is 29.9 Å². The van der Waals surface area contributed by atoms with Gasteiger partial charge in [-0.1, -0.05) is 6.92 Å². The van der Waals surface area contributed by atoms with Crippen LogP contribution in [0.25, 0.3) is 11.1 Å². The van der Waals surface area contributed by atoms with Crippen molar-refractivity contribution < 1.29 is 47.7 Å². The quantitative estimate of drug-likeness (QED) is 0.185. The van der Waals surface area contributed by atoms with E-state index >= 15 is 0 Å². The summed E-state index contributed by atoms with van der Waals surface area (Å²) in [6.07, 6.45) is 3.94. The lowest BCUT2D eigenvalue weighted by molar-refractivity contribution is -0.140. The number of ether oxygens (including phenoxy) is 4. The van der Waals surface area contributed by atoms with Gasteiger partial charge in [0.25, 0.3) is 17.4 Å². The number of hydrogen-bond donors (Lipinski definition) is 1. The normalized spacial score (nSPS) is 20.9. The summed E-state index contributed by atoms with van der Waals surface area (Å²) in [4.78, 5) is 95.9. The van der Waals surface area contributed by atoms with E-state index in [1.54, 1.807) is 31.9 Å². The highest BCUT2D eigenvalue weighted by Crippen LogP contribution is 2.41. The van der Waals surface area contributed by atoms with Crippen molar-refractivity contribution in [1.29, 1.82) is 0 Å². The number of likely N-dealkylation sites (tertiary alicyclic amines) is 2. The first kappa shape index (κ1) is 42.6. The van der Waals surface area contributed by atoms with E-state index in [1.165, 1.54) is 12.1 Å². The zero-order valence-electron chi connectivity index (χ0n) is 35.5. The minimum atomic E-state index is -1.04. The number of rotatable bonds is 14. The number of carbonyl (C=O) groups is 6. The van der Waals surface area contributed by atoms with Gasteiger partial charge in [-0.25, -0.2) is 0 Å². The lowest BCUT2D eigenvalue weighted by atomic mass is 9.82. The van der Waals surface area contributed by atoms with Crippen LogP contribution in [0.5, 0.6) is 17.2 Å². The second-order valence-electron chi connectivity index (χ2n) is 16.4. The zero-order valence-corrected chi connectivity index (χ0v) is 35.5. The predicted octanol–water partition coefficient (Wildman–Crippen LogP) is 2.28. The van der Waals surface area contributed by atoms with Gasteiger partial charge in [-0.15, -0.1) is 0 Å². The highest BCUT2D eigenvalue weighted by atomic mass is 16.5. The predicted molar refractivity (Wildman–Crippen MR) is 223 cm³/mol. The maximum atomic E-state index is 13.2. The van der Waals surface area contributed by atoms with Crippen LogP contribution in [0.3, 0.4) is 0 Å². The molecule has 3 fully saturated rings. The fourth-order valence-electron chi connectivity index (χ4n) is 9.54. The molecule has 0 bridgehead atoms. The Hall–Kier alpha value is -6.07. The summed E-state index contributed by atoms with van der Waals surface area (Å²) in [5.41, 5.74) is 4.50. The summed E-state index contributed by atoms with van der Waals surface area (Å²) < 4.78 is 25.0. The first-order valence-electron chi connectivity index (χ1n) is 21.2. The molecule has 17 nitrogen and oxygen atoms in total. The van der Waals surface area contributed by atoms with Crippen molar-refractivity contribution in [2.45, 2.75) is 70.6 Å². The van der Waals surface area contributed by atoms with Crippen LogP contribution in [0.1, 0.15) is 76.4 Å². The number of nitrogens with one attached hydrogen (secondary N) is 1. The summed E-state index contributed by atoms with van der Waals surface area (Å²) in [5.74, 6) is -0.140. The molecule has 1 N–H and O–H groups in total. The smallest absolute Gasteiger partial charge is 0.262 e. The van der Waals surface area contributed by atoms with E-state index in [4.69, 9.17) is 18.9 Å². The van der Waals surface area contributed by atoms with Crippen molar-refractivity contribution >= 4 is 35.4 Å². The third-order valence-electron chi connectivity index (χ3n) is 12.9. The fraction of sp³-hybridized carbons (Fsp3) is 0.489. The zero-order chi connectivity index (χ0) is 43.8. The molecule has 62 heavy (non-hydrogen) atoms. The molecule has 8 rings (SSSR count). The largest absolute Gasteiger partial charge is 0.496 e. The van der Waals surface area contributed by atoms with Crippen LogP contribution in [-0.4, -0.2) is 132 Å². The van der Waals surface area contributed by atoms with Crippen LogP contribution in [-0.2, 0) is 50.5 Å². The lowest BCUT2D eigenvalue weighted by Gasteiger charge is -2.53. The van der Waals surface area contributed by atoms with E-state index in [9.17, 15) is 33.6 Å². The van der Waals surface area contributed by atoms with Crippen molar-refractivity contribution in [1.82, 2.24) is 29.5 Å². The first-order valence-corrected chi connectivity index (χ1v) is 21.2. The molecule has 3 unspecified atom stereocenters. The summed E-state index contributed by atoms with van der Waals surface area (Å²) in [6.45, 7) is 6.09. The highest BCUT2D eigenvalue weighted by Gasteiger charge is 2.46. The third kappa shape index (κ3) is 8.06. The number of piperidine rings is 2. The molecule has 3 atom stereocenters. The van der Waals surface area contributed by atoms with Gasteiger partial charge in [0.05, 0.1) is 50.5 Å². The van der Waals surface area contributed by atoms with Crippen molar-refractivity contribution in [2.24, 2.45) is 13.0 Å². The molecule has 17 heteroatoms. The summed E-state index contributed by atoms with van der Waals surface area (Å²) in [7, 11) is 5.03. The van der Waals surface area contributed by atoms with Crippen LogP contribution in [0.15, 0.2) is 41.3 Å².